The zero-order valence-electron chi connectivity index (χ0n) is 13.0. The summed E-state index contributed by atoms with van der Waals surface area (Å²) in [6.45, 7) is 1.86. The number of amides is 1. The lowest BCUT2D eigenvalue weighted by atomic mass is 10.00. The van der Waals surface area contributed by atoms with Crippen molar-refractivity contribution in [3.8, 4) is 5.75 Å². The van der Waals surface area contributed by atoms with Gasteiger partial charge in [-0.1, -0.05) is 48.5 Å². The van der Waals surface area contributed by atoms with Crippen LogP contribution >= 0.6 is 0 Å². The second-order valence-electron chi connectivity index (χ2n) is 5.26. The van der Waals surface area contributed by atoms with E-state index in [1.165, 1.54) is 6.92 Å². The minimum Gasteiger partial charge on any atom is -0.489 e. The van der Waals surface area contributed by atoms with Crippen molar-refractivity contribution in [1.29, 1.82) is 0 Å². The zero-order valence-corrected chi connectivity index (χ0v) is 13.0. The van der Waals surface area contributed by atoms with Crippen molar-refractivity contribution >= 4 is 19.4 Å². The highest BCUT2D eigenvalue weighted by atomic mass is 16.5. The first-order valence-corrected chi connectivity index (χ1v) is 7.37. The van der Waals surface area contributed by atoms with Gasteiger partial charge in [-0.15, -0.1) is 0 Å². The smallest absolute Gasteiger partial charge is 0.200 e. The summed E-state index contributed by atoms with van der Waals surface area (Å²) < 4.78 is 5.85. The number of carbonyl (C=O) groups is 2. The molecule has 1 atom stereocenters. The van der Waals surface area contributed by atoms with Gasteiger partial charge in [0.2, 0.25) is 7.85 Å². The normalized spacial score (nSPS) is 11.5. The van der Waals surface area contributed by atoms with Gasteiger partial charge in [0, 0.05) is 6.42 Å². The second kappa shape index (κ2) is 8.18. The van der Waals surface area contributed by atoms with E-state index in [0.717, 1.165) is 11.1 Å². The quantitative estimate of drug-likeness (QED) is 0.800. The molecule has 2 rings (SSSR count). The second-order valence-corrected chi connectivity index (χ2v) is 5.26. The molecule has 0 saturated carbocycles. The molecule has 2 aromatic rings. The van der Waals surface area contributed by atoms with E-state index in [0.29, 0.717) is 18.8 Å². The highest BCUT2D eigenvalue weighted by Crippen LogP contribution is 2.21. The van der Waals surface area contributed by atoms with Crippen LogP contribution < -0.4 is 10.1 Å². The number of rotatable bonds is 7. The fraction of sp³-hybridized carbons (Fsp3) is 0.222. The zero-order chi connectivity index (χ0) is 16.7. The summed E-state index contributed by atoms with van der Waals surface area (Å²) in [6, 6.07) is 16.6. The molecule has 0 saturated heterocycles. The molecule has 2 radical (unpaired) electrons. The summed E-state index contributed by atoms with van der Waals surface area (Å²) in [7, 11) is 5.12. The first kappa shape index (κ1) is 16.8. The molecule has 0 bridgehead atoms. The van der Waals surface area contributed by atoms with Gasteiger partial charge in [0.25, 0.3) is 0 Å². The molecule has 0 fully saturated rings. The number of ether oxygens (including phenoxy) is 1. The van der Waals surface area contributed by atoms with Crippen LogP contribution in [-0.4, -0.2) is 25.5 Å². The van der Waals surface area contributed by atoms with Crippen molar-refractivity contribution in [3.05, 3.63) is 65.7 Å². The number of hydrogen-bond donors (Lipinski definition) is 1. The molecule has 2 aromatic carbocycles. The van der Waals surface area contributed by atoms with E-state index in [9.17, 15) is 9.59 Å². The Morgan fingerprint density at radius 1 is 1.09 bits per heavy atom. The van der Waals surface area contributed by atoms with E-state index in [4.69, 9.17) is 12.6 Å². The molecule has 1 N–H and O–H groups in total. The lowest BCUT2D eigenvalue weighted by molar-refractivity contribution is -0.118. The molecule has 0 aromatic heterocycles. The molecule has 0 heterocycles. The van der Waals surface area contributed by atoms with Crippen LogP contribution in [0.1, 0.15) is 18.1 Å². The van der Waals surface area contributed by atoms with Crippen LogP contribution in [0.5, 0.6) is 5.75 Å². The maximum absolute atomic E-state index is 11.7. The Hall–Kier alpha value is -2.56. The molecule has 116 valence electrons. The summed E-state index contributed by atoms with van der Waals surface area (Å²) in [5, 5.41) is 2.46. The van der Waals surface area contributed by atoms with Crippen LogP contribution in [0.3, 0.4) is 0 Å². The van der Waals surface area contributed by atoms with Crippen LogP contribution in [0.15, 0.2) is 54.6 Å². The molecule has 23 heavy (non-hydrogen) atoms. The number of carbonyl (C=O) groups excluding carboxylic acids is 2. The van der Waals surface area contributed by atoms with Crippen LogP contribution in [0, 0.1) is 0 Å². The predicted molar refractivity (Wildman–Crippen MR) is 89.7 cm³/mol. The first-order chi connectivity index (χ1) is 11.1. The summed E-state index contributed by atoms with van der Waals surface area (Å²) in [5.74, 6) is -0.177. The number of para-hydroxylation sites is 1. The van der Waals surface area contributed by atoms with Gasteiger partial charge in [-0.05, 0) is 24.1 Å². The Bertz CT molecular complexity index is 673. The van der Waals surface area contributed by atoms with Gasteiger partial charge in [-0.3, -0.25) is 9.59 Å². The Labute approximate surface area is 137 Å². The van der Waals surface area contributed by atoms with Gasteiger partial charge in [0.15, 0.2) is 11.6 Å². The third-order valence-electron chi connectivity index (χ3n) is 3.44. The van der Waals surface area contributed by atoms with Crippen molar-refractivity contribution in [1.82, 2.24) is 5.32 Å². The van der Waals surface area contributed by atoms with Gasteiger partial charge in [0.05, 0.1) is 6.04 Å². The molecule has 1 amide bonds. The first-order valence-electron chi connectivity index (χ1n) is 7.37. The number of hydrogen-bond acceptors (Lipinski definition) is 3. The lowest BCUT2D eigenvalue weighted by Crippen LogP contribution is -2.40. The molecule has 0 unspecified atom stereocenters. The van der Waals surface area contributed by atoms with E-state index in [2.05, 4.69) is 5.32 Å². The molecular formula is C18H18BNO3. The third kappa shape index (κ3) is 5.29. The molecule has 5 heteroatoms. The summed E-state index contributed by atoms with van der Waals surface area (Å²) >= 11 is 0. The van der Waals surface area contributed by atoms with Gasteiger partial charge in [0.1, 0.15) is 12.4 Å². The Kier molecular flexibility index (Phi) is 5.98. The lowest BCUT2D eigenvalue weighted by Gasteiger charge is -2.17. The molecule has 0 aliphatic carbocycles. The fourth-order valence-electron chi connectivity index (χ4n) is 2.24. The van der Waals surface area contributed by atoms with E-state index >= 15 is 0 Å². The van der Waals surface area contributed by atoms with Crippen molar-refractivity contribution < 1.29 is 14.3 Å². The maximum atomic E-state index is 11.7. The number of ketones is 1. The highest BCUT2D eigenvalue weighted by molar-refractivity contribution is 6.57. The van der Waals surface area contributed by atoms with Crippen molar-refractivity contribution in [2.24, 2.45) is 0 Å². The summed E-state index contributed by atoms with van der Waals surface area (Å²) in [6.07, 6.45) is 0.337. The van der Waals surface area contributed by atoms with Crippen molar-refractivity contribution in [3.63, 3.8) is 0 Å². The predicted octanol–water partition coefficient (Wildman–Crippen LogP) is 2.64. The molecule has 0 spiro atoms. The standard InChI is InChI=1S/C18H18BNO3/c1-13(21)16(20-18(19)22)11-15-9-5-6-10-17(15)23-12-14-7-3-2-4-8-14/h2-10,16H,11-12H2,1H3,(H,20,22)/t16-/m1/s1. The van der Waals surface area contributed by atoms with Crippen LogP contribution in [-0.2, 0) is 17.8 Å². The Balaban J connectivity index is 2.10. The average molecular weight is 307 g/mol. The fourth-order valence-corrected chi connectivity index (χ4v) is 2.24. The topological polar surface area (TPSA) is 55.4 Å². The molecule has 4 nitrogen and oxygen atoms in total. The van der Waals surface area contributed by atoms with Gasteiger partial charge >= 0.3 is 0 Å². The number of Topliss-reactive ketones (excluding diaryl/α,β-unsaturated/α-hetero) is 1. The summed E-state index contributed by atoms with van der Waals surface area (Å²) in [5.41, 5.74) is 1.90. The Morgan fingerprint density at radius 2 is 1.74 bits per heavy atom. The van der Waals surface area contributed by atoms with E-state index < -0.39 is 11.8 Å². The SMILES string of the molecule is [B]C(=O)N[C@H](Cc1ccccc1OCc1ccccc1)C(C)=O. The maximum Gasteiger partial charge on any atom is 0.200 e. The molecule has 0 aliphatic heterocycles. The van der Waals surface area contributed by atoms with Gasteiger partial charge in [-0.2, -0.15) is 0 Å². The highest BCUT2D eigenvalue weighted by Gasteiger charge is 2.17. The minimum absolute atomic E-state index is 0.151. The third-order valence-corrected chi connectivity index (χ3v) is 3.44. The minimum atomic E-state index is -0.715. The monoisotopic (exact) mass is 307 g/mol. The molecule has 0 aliphatic rings. The van der Waals surface area contributed by atoms with Gasteiger partial charge < -0.3 is 10.1 Å². The average Bonchev–Trinajstić information content (AvgIpc) is 2.54. The number of nitrogens with one attached hydrogen (secondary N) is 1. The van der Waals surface area contributed by atoms with Crippen molar-refractivity contribution in [2.75, 3.05) is 0 Å². The van der Waals surface area contributed by atoms with Crippen molar-refractivity contribution in [2.45, 2.75) is 26.0 Å². The summed E-state index contributed by atoms with van der Waals surface area (Å²) in [4.78, 5) is 22.7. The van der Waals surface area contributed by atoms with E-state index in [-0.39, 0.29) is 5.78 Å². The number of benzene rings is 2. The van der Waals surface area contributed by atoms with Crippen LogP contribution in [0.4, 0.5) is 4.79 Å². The van der Waals surface area contributed by atoms with E-state index in [1.807, 2.05) is 54.6 Å². The van der Waals surface area contributed by atoms with Crippen LogP contribution in [0.25, 0.3) is 0 Å². The largest absolute Gasteiger partial charge is 0.489 e. The Morgan fingerprint density at radius 3 is 2.39 bits per heavy atom. The van der Waals surface area contributed by atoms with Gasteiger partial charge in [-0.25, -0.2) is 0 Å². The van der Waals surface area contributed by atoms with E-state index in [1.54, 1.807) is 0 Å². The van der Waals surface area contributed by atoms with Crippen LogP contribution in [0.2, 0.25) is 0 Å². The molecular weight excluding hydrogens is 289 g/mol.